The van der Waals surface area contributed by atoms with Gasteiger partial charge in [0.1, 0.15) is 5.76 Å². The molecule has 9 nitrogen and oxygen atoms in total. The van der Waals surface area contributed by atoms with Crippen LogP contribution in [0.15, 0.2) is 75.2 Å². The Kier molecular flexibility index (Phi) is 8.43. The third kappa shape index (κ3) is 6.58. The standard InChI is InChI=1S/C29H30N4O5S/c1-2-19-7-10-21(11-8-19)31-26(34)18-39-29-32-25-15-20(27(35)30-16-22-5-3-13-37-22)9-12-24(25)28(36)33(29)17-23-6-4-14-38-23/h4,6-12,14-15,22H,2-3,5,13,16-18H2,1H3,(H,30,35)(H,31,34)/t22-/m0/s1. The normalized spacial score (nSPS) is 14.9. The lowest BCUT2D eigenvalue weighted by Gasteiger charge is -2.14. The van der Waals surface area contributed by atoms with Crippen molar-refractivity contribution < 1.29 is 18.7 Å². The molecule has 2 aromatic heterocycles. The van der Waals surface area contributed by atoms with E-state index in [1.807, 2.05) is 24.3 Å². The minimum atomic E-state index is -0.277. The molecule has 1 aliphatic rings. The average Bonchev–Trinajstić information content (AvgIpc) is 3.67. The van der Waals surface area contributed by atoms with Crippen LogP contribution in [0, 0.1) is 0 Å². The molecule has 4 aromatic rings. The molecule has 0 spiro atoms. The highest BCUT2D eigenvalue weighted by molar-refractivity contribution is 7.99. The second-order valence-corrected chi connectivity index (χ2v) is 10.3. The van der Waals surface area contributed by atoms with Crippen molar-refractivity contribution >= 4 is 40.2 Å². The number of thioether (sulfide) groups is 1. The maximum atomic E-state index is 13.5. The van der Waals surface area contributed by atoms with E-state index in [-0.39, 0.29) is 35.8 Å². The summed E-state index contributed by atoms with van der Waals surface area (Å²) in [4.78, 5) is 43.7. The predicted octanol–water partition coefficient (Wildman–Crippen LogP) is 4.24. The number of benzene rings is 2. The molecule has 5 rings (SSSR count). The summed E-state index contributed by atoms with van der Waals surface area (Å²) in [5.74, 6) is 0.167. The fourth-order valence-electron chi connectivity index (χ4n) is 4.41. The number of anilines is 1. The zero-order valence-corrected chi connectivity index (χ0v) is 22.5. The van der Waals surface area contributed by atoms with Crippen molar-refractivity contribution in [3.8, 4) is 0 Å². The molecule has 0 unspecified atom stereocenters. The zero-order chi connectivity index (χ0) is 27.2. The van der Waals surface area contributed by atoms with Crippen LogP contribution in [0.2, 0.25) is 0 Å². The van der Waals surface area contributed by atoms with E-state index in [1.165, 1.54) is 10.1 Å². The van der Waals surface area contributed by atoms with Gasteiger partial charge in [-0.2, -0.15) is 0 Å². The van der Waals surface area contributed by atoms with E-state index < -0.39 is 0 Å². The maximum Gasteiger partial charge on any atom is 0.262 e. The van der Waals surface area contributed by atoms with Crippen molar-refractivity contribution in [3.63, 3.8) is 0 Å². The van der Waals surface area contributed by atoms with Crippen LogP contribution >= 0.6 is 11.8 Å². The molecule has 0 saturated carbocycles. The minimum Gasteiger partial charge on any atom is -0.467 e. The fraction of sp³-hybridized carbons (Fsp3) is 0.310. The molecule has 39 heavy (non-hydrogen) atoms. The van der Waals surface area contributed by atoms with Crippen molar-refractivity contribution in [1.29, 1.82) is 0 Å². The molecular weight excluding hydrogens is 516 g/mol. The number of carbonyl (C=O) groups is 2. The first-order valence-electron chi connectivity index (χ1n) is 13.0. The first kappa shape index (κ1) is 26.7. The molecule has 0 bridgehead atoms. The van der Waals surface area contributed by atoms with Gasteiger partial charge in [0.2, 0.25) is 5.91 Å². The smallest absolute Gasteiger partial charge is 0.262 e. The molecule has 1 aliphatic heterocycles. The molecule has 0 radical (unpaired) electrons. The molecule has 202 valence electrons. The topological polar surface area (TPSA) is 115 Å². The molecule has 2 N–H and O–H groups in total. The Morgan fingerprint density at radius 2 is 2.00 bits per heavy atom. The van der Waals surface area contributed by atoms with Crippen LogP contribution in [0.3, 0.4) is 0 Å². The van der Waals surface area contributed by atoms with Gasteiger partial charge in [-0.25, -0.2) is 4.98 Å². The van der Waals surface area contributed by atoms with Gasteiger partial charge in [-0.05, 0) is 67.3 Å². The van der Waals surface area contributed by atoms with Crippen molar-refractivity contribution in [3.05, 3.63) is 88.1 Å². The maximum absolute atomic E-state index is 13.5. The number of aromatic nitrogens is 2. The van der Waals surface area contributed by atoms with Gasteiger partial charge in [-0.15, -0.1) is 0 Å². The van der Waals surface area contributed by atoms with E-state index in [4.69, 9.17) is 14.1 Å². The van der Waals surface area contributed by atoms with Crippen molar-refractivity contribution in [2.75, 3.05) is 24.2 Å². The quantitative estimate of drug-likeness (QED) is 0.226. The predicted molar refractivity (Wildman–Crippen MR) is 150 cm³/mol. The zero-order valence-electron chi connectivity index (χ0n) is 21.6. The lowest BCUT2D eigenvalue weighted by Crippen LogP contribution is -2.31. The van der Waals surface area contributed by atoms with Crippen molar-refractivity contribution in [2.45, 2.75) is 44.0 Å². The van der Waals surface area contributed by atoms with Crippen LogP contribution in [-0.2, 0) is 22.5 Å². The highest BCUT2D eigenvalue weighted by Crippen LogP contribution is 2.21. The number of nitrogens with one attached hydrogen (secondary N) is 2. The van der Waals surface area contributed by atoms with E-state index in [9.17, 15) is 14.4 Å². The highest BCUT2D eigenvalue weighted by Gasteiger charge is 2.19. The van der Waals surface area contributed by atoms with Crippen molar-refractivity contribution in [1.82, 2.24) is 14.9 Å². The monoisotopic (exact) mass is 546 g/mol. The number of amides is 2. The van der Waals surface area contributed by atoms with Gasteiger partial charge in [0.25, 0.3) is 11.5 Å². The SMILES string of the molecule is CCc1ccc(NC(=O)CSc2nc3cc(C(=O)NC[C@@H]4CCCO4)ccc3c(=O)n2Cc2ccco2)cc1. The number of hydrogen-bond donors (Lipinski definition) is 2. The molecule has 1 saturated heterocycles. The first-order valence-corrected chi connectivity index (χ1v) is 14.0. The summed E-state index contributed by atoms with van der Waals surface area (Å²) >= 11 is 1.16. The van der Waals surface area contributed by atoms with Crippen LogP contribution < -0.4 is 16.2 Å². The third-order valence-electron chi connectivity index (χ3n) is 6.57. The second kappa shape index (κ2) is 12.3. The van der Waals surface area contributed by atoms with Gasteiger partial charge in [0.05, 0.1) is 35.6 Å². The summed E-state index contributed by atoms with van der Waals surface area (Å²) in [5, 5.41) is 6.52. The van der Waals surface area contributed by atoms with Gasteiger partial charge in [0, 0.05) is 24.4 Å². The fourth-order valence-corrected chi connectivity index (χ4v) is 5.21. The van der Waals surface area contributed by atoms with E-state index >= 15 is 0 Å². The highest BCUT2D eigenvalue weighted by atomic mass is 32.2. The Morgan fingerprint density at radius 1 is 1.15 bits per heavy atom. The Labute approximate surface area is 230 Å². The van der Waals surface area contributed by atoms with Gasteiger partial charge in [-0.1, -0.05) is 30.8 Å². The summed E-state index contributed by atoms with van der Waals surface area (Å²) in [7, 11) is 0. The summed E-state index contributed by atoms with van der Waals surface area (Å²) in [6.07, 6.45) is 4.41. The number of ether oxygens (including phenoxy) is 1. The van der Waals surface area contributed by atoms with Crippen LogP contribution in [0.25, 0.3) is 10.9 Å². The van der Waals surface area contributed by atoms with E-state index in [1.54, 1.807) is 36.6 Å². The van der Waals surface area contributed by atoms with E-state index in [2.05, 4.69) is 17.6 Å². The minimum absolute atomic E-state index is 0.0278. The number of fused-ring (bicyclic) bond motifs is 1. The molecular formula is C29H30N4O5S. The summed E-state index contributed by atoms with van der Waals surface area (Å²) in [6, 6.07) is 16.1. The lowest BCUT2D eigenvalue weighted by atomic mass is 10.1. The van der Waals surface area contributed by atoms with Crippen LogP contribution in [0.1, 0.15) is 41.4 Å². The largest absolute Gasteiger partial charge is 0.467 e. The Bertz CT molecular complexity index is 1510. The summed E-state index contributed by atoms with van der Waals surface area (Å²) in [6.45, 7) is 3.39. The number of carbonyl (C=O) groups excluding carboxylic acids is 2. The van der Waals surface area contributed by atoms with Crippen molar-refractivity contribution in [2.24, 2.45) is 0 Å². The van der Waals surface area contributed by atoms with Crippen LogP contribution in [0.5, 0.6) is 0 Å². The molecule has 0 aliphatic carbocycles. The third-order valence-corrected chi connectivity index (χ3v) is 7.55. The molecule has 3 heterocycles. The lowest BCUT2D eigenvalue weighted by molar-refractivity contribution is -0.113. The number of nitrogens with zero attached hydrogens (tertiary/aromatic N) is 2. The summed E-state index contributed by atoms with van der Waals surface area (Å²) < 4.78 is 12.5. The van der Waals surface area contributed by atoms with Crippen LogP contribution in [-0.4, -0.2) is 46.4 Å². The molecule has 1 atom stereocenters. The number of rotatable bonds is 10. The van der Waals surface area contributed by atoms with E-state index in [0.29, 0.717) is 46.2 Å². The summed E-state index contributed by atoms with van der Waals surface area (Å²) in [5.41, 5.74) is 2.40. The second-order valence-electron chi connectivity index (χ2n) is 9.33. The van der Waals surface area contributed by atoms with Gasteiger partial charge in [-0.3, -0.25) is 19.0 Å². The number of hydrogen-bond acceptors (Lipinski definition) is 7. The van der Waals surface area contributed by atoms with Gasteiger partial charge < -0.3 is 19.8 Å². The molecule has 10 heteroatoms. The molecule has 2 amide bonds. The number of furan rings is 1. The van der Waals surface area contributed by atoms with Gasteiger partial charge >= 0.3 is 0 Å². The van der Waals surface area contributed by atoms with Gasteiger partial charge in [0.15, 0.2) is 5.16 Å². The first-order chi connectivity index (χ1) is 19.0. The van der Waals surface area contributed by atoms with Crippen LogP contribution in [0.4, 0.5) is 5.69 Å². The molecule has 2 aromatic carbocycles. The van der Waals surface area contributed by atoms with E-state index in [0.717, 1.165) is 31.0 Å². The molecule has 1 fully saturated rings. The Hall–Kier alpha value is -3.89. The Morgan fingerprint density at radius 3 is 2.72 bits per heavy atom. The Balaban J connectivity index is 1.37. The number of aryl methyl sites for hydroxylation is 1. The average molecular weight is 547 g/mol.